The van der Waals surface area contributed by atoms with Gasteiger partial charge in [0.25, 0.3) is 0 Å². The first kappa shape index (κ1) is 23.1. The molecule has 0 bridgehead atoms. The summed E-state index contributed by atoms with van der Waals surface area (Å²) in [5.74, 6) is 2.99. The maximum absolute atomic E-state index is 5.98. The fraction of sp³-hybridized carbons (Fsp3) is 0.619. The first-order valence-corrected chi connectivity index (χ1v) is 10.6. The number of aliphatic imine (C=N–C) groups is 1. The van der Waals surface area contributed by atoms with Gasteiger partial charge in [0.1, 0.15) is 17.8 Å². The Balaban J connectivity index is 0.00000256. The third-order valence-electron chi connectivity index (χ3n) is 5.89. The van der Waals surface area contributed by atoms with Crippen molar-refractivity contribution in [1.29, 1.82) is 0 Å². The Morgan fingerprint density at radius 2 is 1.90 bits per heavy atom. The maximum Gasteiger partial charge on any atom is 0.193 e. The van der Waals surface area contributed by atoms with Gasteiger partial charge in [0.15, 0.2) is 5.96 Å². The highest BCUT2D eigenvalue weighted by atomic mass is 127. The van der Waals surface area contributed by atoms with E-state index in [1.807, 2.05) is 20.0 Å². The Hall–Kier alpha value is -1.59. The quantitative estimate of drug-likeness (QED) is 0.351. The van der Waals surface area contributed by atoms with Crippen LogP contribution < -0.4 is 5.32 Å². The molecule has 2 saturated heterocycles. The molecule has 9 heteroatoms. The molecule has 0 spiro atoms. The summed E-state index contributed by atoms with van der Waals surface area (Å²) in [6, 6.07) is 6.35. The van der Waals surface area contributed by atoms with Crippen molar-refractivity contribution in [3.05, 3.63) is 41.7 Å². The van der Waals surface area contributed by atoms with Gasteiger partial charge in [0.2, 0.25) is 0 Å². The molecule has 4 rings (SSSR count). The molecule has 1 N–H and O–H groups in total. The number of aromatic nitrogens is 1. The van der Waals surface area contributed by atoms with Crippen LogP contribution in [0.25, 0.3) is 0 Å². The van der Waals surface area contributed by atoms with Crippen molar-refractivity contribution in [3.63, 3.8) is 0 Å². The van der Waals surface area contributed by atoms with Crippen molar-refractivity contribution in [2.24, 2.45) is 4.99 Å². The van der Waals surface area contributed by atoms with Gasteiger partial charge in [-0.1, -0.05) is 5.16 Å². The molecular formula is C21H33IN6O2. The van der Waals surface area contributed by atoms with E-state index in [1.165, 1.54) is 12.8 Å². The molecule has 2 aliphatic heterocycles. The van der Waals surface area contributed by atoms with Gasteiger partial charge in [-0.15, -0.1) is 24.0 Å². The zero-order chi connectivity index (χ0) is 20.1. The molecule has 4 heterocycles. The lowest BCUT2D eigenvalue weighted by Crippen LogP contribution is -2.53. The Bertz CT molecular complexity index is 779. The highest BCUT2D eigenvalue weighted by molar-refractivity contribution is 14.0. The van der Waals surface area contributed by atoms with Gasteiger partial charge in [-0.3, -0.25) is 14.8 Å². The molecule has 2 aromatic rings. The summed E-state index contributed by atoms with van der Waals surface area (Å²) in [4.78, 5) is 11.8. The van der Waals surface area contributed by atoms with E-state index in [2.05, 4.69) is 42.3 Å². The first-order valence-electron chi connectivity index (χ1n) is 10.6. The van der Waals surface area contributed by atoms with Crippen molar-refractivity contribution in [3.8, 4) is 0 Å². The summed E-state index contributed by atoms with van der Waals surface area (Å²) >= 11 is 0. The maximum atomic E-state index is 5.98. The number of aryl methyl sites for hydroxylation is 1. The first-order chi connectivity index (χ1) is 14.2. The largest absolute Gasteiger partial charge is 0.465 e. The van der Waals surface area contributed by atoms with E-state index < -0.39 is 0 Å². The van der Waals surface area contributed by atoms with Crippen LogP contribution in [0.1, 0.15) is 36.1 Å². The normalized spacial score (nSPS) is 19.7. The van der Waals surface area contributed by atoms with E-state index in [1.54, 1.807) is 6.26 Å². The van der Waals surface area contributed by atoms with E-state index in [-0.39, 0.29) is 30.0 Å². The van der Waals surface area contributed by atoms with E-state index >= 15 is 0 Å². The molecule has 8 nitrogen and oxygen atoms in total. The van der Waals surface area contributed by atoms with Gasteiger partial charge in [-0.2, -0.15) is 0 Å². The average Bonchev–Trinajstić information content (AvgIpc) is 3.50. The minimum Gasteiger partial charge on any atom is -0.465 e. The second-order valence-corrected chi connectivity index (χ2v) is 7.89. The second-order valence-electron chi connectivity index (χ2n) is 7.89. The zero-order valence-corrected chi connectivity index (χ0v) is 20.2. The number of nitrogens with zero attached hydrogens (tertiary/aromatic N) is 5. The molecule has 0 radical (unpaired) electrons. The lowest BCUT2D eigenvalue weighted by molar-refractivity contribution is 0.166. The van der Waals surface area contributed by atoms with Gasteiger partial charge in [-0.25, -0.2) is 0 Å². The summed E-state index contributed by atoms with van der Waals surface area (Å²) in [5, 5.41) is 7.63. The molecule has 1 atom stereocenters. The van der Waals surface area contributed by atoms with Crippen LogP contribution in [-0.4, -0.2) is 78.7 Å². The van der Waals surface area contributed by atoms with Crippen LogP contribution >= 0.6 is 24.0 Å². The molecule has 0 saturated carbocycles. The number of hydrogen-bond acceptors (Lipinski definition) is 6. The zero-order valence-electron chi connectivity index (χ0n) is 17.9. The molecule has 0 aliphatic carbocycles. The van der Waals surface area contributed by atoms with Crippen LogP contribution in [-0.2, 0) is 6.54 Å². The van der Waals surface area contributed by atoms with Crippen molar-refractivity contribution in [2.75, 3.05) is 52.9 Å². The molecule has 0 aromatic carbocycles. The van der Waals surface area contributed by atoms with E-state index in [0.29, 0.717) is 0 Å². The molecule has 1 unspecified atom stereocenters. The smallest absolute Gasteiger partial charge is 0.193 e. The SMILES string of the molecule is CN=C(NCC(c1ccc(C)o1)N1CCCC1)N1CCN(Cc2ccon2)CC1.I. The van der Waals surface area contributed by atoms with Gasteiger partial charge >= 0.3 is 0 Å². The monoisotopic (exact) mass is 528 g/mol. The number of hydrogen-bond donors (Lipinski definition) is 1. The minimum atomic E-state index is 0. The molecule has 2 fully saturated rings. The minimum absolute atomic E-state index is 0. The number of guanidine groups is 1. The van der Waals surface area contributed by atoms with Gasteiger partial charge in [-0.05, 0) is 45.0 Å². The third kappa shape index (κ3) is 5.76. The van der Waals surface area contributed by atoms with Gasteiger partial charge in [0, 0.05) is 52.4 Å². The lowest BCUT2D eigenvalue weighted by Gasteiger charge is -2.37. The number of furan rings is 1. The Morgan fingerprint density at radius 1 is 1.13 bits per heavy atom. The molecule has 0 amide bonds. The highest BCUT2D eigenvalue weighted by Gasteiger charge is 2.27. The average molecular weight is 528 g/mol. The number of likely N-dealkylation sites (tertiary alicyclic amines) is 1. The summed E-state index contributed by atoms with van der Waals surface area (Å²) in [7, 11) is 1.87. The Labute approximate surface area is 195 Å². The second kappa shape index (κ2) is 11.1. The van der Waals surface area contributed by atoms with Crippen LogP contribution in [0, 0.1) is 6.92 Å². The molecule has 2 aromatic heterocycles. The molecule has 166 valence electrons. The number of piperazine rings is 1. The molecule has 30 heavy (non-hydrogen) atoms. The van der Waals surface area contributed by atoms with Crippen molar-refractivity contribution < 1.29 is 8.94 Å². The topological polar surface area (TPSA) is 73.3 Å². The van der Waals surface area contributed by atoms with E-state index in [0.717, 1.165) is 75.5 Å². The fourth-order valence-corrected chi connectivity index (χ4v) is 4.28. The van der Waals surface area contributed by atoms with Gasteiger partial charge in [0.05, 0.1) is 11.7 Å². The third-order valence-corrected chi connectivity index (χ3v) is 5.89. The Morgan fingerprint density at radius 3 is 2.50 bits per heavy atom. The van der Waals surface area contributed by atoms with E-state index in [9.17, 15) is 0 Å². The van der Waals surface area contributed by atoms with Crippen LogP contribution in [0.5, 0.6) is 0 Å². The number of rotatable bonds is 6. The van der Waals surface area contributed by atoms with Crippen molar-refractivity contribution in [1.82, 2.24) is 25.2 Å². The van der Waals surface area contributed by atoms with E-state index in [4.69, 9.17) is 8.94 Å². The standard InChI is InChI=1S/C21H32N6O2.HI/c1-17-5-6-20(29-17)19(26-8-3-4-9-26)15-23-21(22-2)27-12-10-25(11-13-27)16-18-7-14-28-24-18;/h5-7,14,19H,3-4,8-13,15-16H2,1-2H3,(H,22,23);1H. The molecule has 2 aliphatic rings. The number of nitrogens with one attached hydrogen (secondary N) is 1. The van der Waals surface area contributed by atoms with Crippen LogP contribution in [0.3, 0.4) is 0 Å². The van der Waals surface area contributed by atoms with Crippen LogP contribution in [0.4, 0.5) is 0 Å². The van der Waals surface area contributed by atoms with Crippen LogP contribution in [0.2, 0.25) is 0 Å². The predicted octanol–water partition coefficient (Wildman–Crippen LogP) is 2.72. The Kier molecular flexibility index (Phi) is 8.58. The van der Waals surface area contributed by atoms with Crippen LogP contribution in [0.15, 0.2) is 38.4 Å². The summed E-state index contributed by atoms with van der Waals surface area (Å²) in [6.07, 6.45) is 4.16. The number of halogens is 1. The molecular weight excluding hydrogens is 495 g/mol. The summed E-state index contributed by atoms with van der Waals surface area (Å²) in [6.45, 7) is 9.79. The lowest BCUT2D eigenvalue weighted by atomic mass is 10.2. The van der Waals surface area contributed by atoms with Crippen molar-refractivity contribution >= 4 is 29.9 Å². The summed E-state index contributed by atoms with van der Waals surface area (Å²) in [5.41, 5.74) is 0.989. The predicted molar refractivity (Wildman–Crippen MR) is 127 cm³/mol. The van der Waals surface area contributed by atoms with Gasteiger partial charge < -0.3 is 19.2 Å². The summed E-state index contributed by atoms with van der Waals surface area (Å²) < 4.78 is 10.9. The fourth-order valence-electron chi connectivity index (χ4n) is 4.28. The van der Waals surface area contributed by atoms with Crippen molar-refractivity contribution in [2.45, 2.75) is 32.4 Å². The highest BCUT2D eigenvalue weighted by Crippen LogP contribution is 2.26.